The molecule has 0 aliphatic carbocycles. The number of rotatable bonds is 1. The lowest BCUT2D eigenvalue weighted by atomic mass is 9.99. The Kier molecular flexibility index (Phi) is 2.46. The summed E-state index contributed by atoms with van der Waals surface area (Å²) >= 11 is 5.07. The molecule has 2 N–H and O–H groups in total. The van der Waals surface area contributed by atoms with Crippen LogP contribution in [0.25, 0.3) is 0 Å². The minimum Gasteiger partial charge on any atom is -0.316 e. The van der Waals surface area contributed by atoms with Crippen LogP contribution in [0, 0.1) is 4.77 Å². The molecule has 1 aromatic rings. The third-order valence-corrected chi connectivity index (χ3v) is 2.94. The van der Waals surface area contributed by atoms with Gasteiger partial charge in [0.1, 0.15) is 5.82 Å². The first kappa shape index (κ1) is 8.90. The molecule has 1 atom stereocenters. The molecule has 0 bridgehead atoms. The van der Waals surface area contributed by atoms with E-state index in [0.29, 0.717) is 10.7 Å². The summed E-state index contributed by atoms with van der Waals surface area (Å²) in [7, 11) is 1.97. The highest BCUT2D eigenvalue weighted by Gasteiger charge is 2.19. The lowest BCUT2D eigenvalue weighted by molar-refractivity contribution is 0.438. The van der Waals surface area contributed by atoms with Gasteiger partial charge in [-0.1, -0.05) is 0 Å². The van der Waals surface area contributed by atoms with Crippen molar-refractivity contribution in [3.8, 4) is 0 Å². The van der Waals surface area contributed by atoms with Gasteiger partial charge in [-0.3, -0.25) is 5.10 Å². The maximum atomic E-state index is 5.07. The Morgan fingerprint density at radius 2 is 2.46 bits per heavy atom. The molecule has 2 heterocycles. The highest BCUT2D eigenvalue weighted by molar-refractivity contribution is 7.71. The van der Waals surface area contributed by atoms with Crippen LogP contribution in [0.5, 0.6) is 0 Å². The molecule has 0 aromatic carbocycles. The maximum absolute atomic E-state index is 5.07. The van der Waals surface area contributed by atoms with Crippen molar-refractivity contribution in [2.24, 2.45) is 7.05 Å². The number of piperidine rings is 1. The normalized spacial score (nSPS) is 23.3. The topological polar surface area (TPSA) is 45.6 Å². The summed E-state index contributed by atoms with van der Waals surface area (Å²) in [5.74, 6) is 1.60. The molecule has 1 aliphatic heterocycles. The van der Waals surface area contributed by atoms with Crippen LogP contribution in [0.3, 0.4) is 0 Å². The van der Waals surface area contributed by atoms with Crippen molar-refractivity contribution < 1.29 is 0 Å². The maximum Gasteiger partial charge on any atom is 0.194 e. The first-order valence-corrected chi connectivity index (χ1v) is 5.02. The second kappa shape index (κ2) is 3.59. The van der Waals surface area contributed by atoms with E-state index in [1.54, 1.807) is 0 Å². The quantitative estimate of drug-likeness (QED) is 0.660. The predicted molar refractivity (Wildman–Crippen MR) is 53.2 cm³/mol. The van der Waals surface area contributed by atoms with Crippen LogP contribution < -0.4 is 5.32 Å². The third-order valence-electron chi connectivity index (χ3n) is 2.58. The van der Waals surface area contributed by atoms with Crippen molar-refractivity contribution in [1.29, 1.82) is 0 Å². The summed E-state index contributed by atoms with van der Waals surface area (Å²) in [6.45, 7) is 2.15. The van der Waals surface area contributed by atoms with E-state index < -0.39 is 0 Å². The van der Waals surface area contributed by atoms with Crippen LogP contribution >= 0.6 is 12.2 Å². The van der Waals surface area contributed by atoms with Gasteiger partial charge in [-0.25, -0.2) is 0 Å². The summed E-state index contributed by atoms with van der Waals surface area (Å²) in [4.78, 5) is 0. The number of hydrogen-bond acceptors (Lipinski definition) is 3. The van der Waals surface area contributed by atoms with E-state index in [4.69, 9.17) is 12.2 Å². The minimum atomic E-state index is 0.520. The van der Waals surface area contributed by atoms with Crippen LogP contribution in [-0.2, 0) is 7.05 Å². The van der Waals surface area contributed by atoms with E-state index in [2.05, 4.69) is 15.5 Å². The first-order valence-electron chi connectivity index (χ1n) is 4.61. The molecular weight excluding hydrogens is 184 g/mol. The summed E-state index contributed by atoms with van der Waals surface area (Å²) in [5.41, 5.74) is 0. The first-order chi connectivity index (χ1) is 6.29. The van der Waals surface area contributed by atoms with E-state index in [1.807, 2.05) is 11.6 Å². The van der Waals surface area contributed by atoms with Crippen molar-refractivity contribution in [1.82, 2.24) is 20.1 Å². The highest BCUT2D eigenvalue weighted by atomic mass is 32.1. The number of nitrogens with zero attached hydrogens (tertiary/aromatic N) is 2. The lowest BCUT2D eigenvalue weighted by Crippen LogP contribution is -2.29. The molecule has 2 rings (SSSR count). The van der Waals surface area contributed by atoms with Crippen molar-refractivity contribution in [2.45, 2.75) is 18.8 Å². The van der Waals surface area contributed by atoms with Gasteiger partial charge in [-0.15, -0.1) is 0 Å². The van der Waals surface area contributed by atoms with Gasteiger partial charge in [0.15, 0.2) is 4.77 Å². The molecule has 1 aromatic heterocycles. The fraction of sp³-hybridized carbons (Fsp3) is 0.750. The summed E-state index contributed by atoms with van der Waals surface area (Å²) < 4.78 is 2.67. The van der Waals surface area contributed by atoms with Gasteiger partial charge in [0, 0.05) is 19.5 Å². The van der Waals surface area contributed by atoms with E-state index in [1.165, 1.54) is 12.8 Å². The fourth-order valence-corrected chi connectivity index (χ4v) is 1.94. The van der Waals surface area contributed by atoms with Gasteiger partial charge in [0.25, 0.3) is 0 Å². The average Bonchev–Trinajstić information content (AvgIpc) is 2.49. The molecule has 0 spiro atoms. The predicted octanol–water partition coefficient (Wildman–Crippen LogP) is 0.945. The Hall–Kier alpha value is -0.680. The van der Waals surface area contributed by atoms with Gasteiger partial charge >= 0.3 is 0 Å². The molecular formula is C8H14N4S. The zero-order chi connectivity index (χ0) is 9.26. The molecule has 1 saturated heterocycles. The van der Waals surface area contributed by atoms with E-state index in [0.717, 1.165) is 18.9 Å². The molecule has 5 heteroatoms. The molecule has 0 unspecified atom stereocenters. The molecule has 72 valence electrons. The third kappa shape index (κ3) is 1.66. The van der Waals surface area contributed by atoms with E-state index >= 15 is 0 Å². The highest BCUT2D eigenvalue weighted by Crippen LogP contribution is 2.20. The Morgan fingerprint density at radius 1 is 1.62 bits per heavy atom. The Labute approximate surface area is 82.4 Å². The van der Waals surface area contributed by atoms with Gasteiger partial charge in [-0.05, 0) is 31.6 Å². The van der Waals surface area contributed by atoms with Crippen LogP contribution in [0.15, 0.2) is 0 Å². The molecule has 1 fully saturated rings. The van der Waals surface area contributed by atoms with E-state index in [-0.39, 0.29) is 0 Å². The number of hydrogen-bond donors (Lipinski definition) is 2. The molecule has 4 nitrogen and oxygen atoms in total. The van der Waals surface area contributed by atoms with Crippen molar-refractivity contribution >= 4 is 12.2 Å². The second-order valence-electron chi connectivity index (χ2n) is 3.49. The molecule has 0 saturated carbocycles. The van der Waals surface area contributed by atoms with E-state index in [9.17, 15) is 0 Å². The van der Waals surface area contributed by atoms with Crippen molar-refractivity contribution in [2.75, 3.05) is 13.1 Å². The lowest BCUT2D eigenvalue weighted by Gasteiger charge is -2.21. The van der Waals surface area contributed by atoms with Crippen LogP contribution in [0.4, 0.5) is 0 Å². The molecule has 0 amide bonds. The number of H-pyrrole nitrogens is 1. The largest absolute Gasteiger partial charge is 0.316 e. The zero-order valence-electron chi connectivity index (χ0n) is 7.71. The van der Waals surface area contributed by atoms with Crippen molar-refractivity contribution in [3.05, 3.63) is 10.6 Å². The van der Waals surface area contributed by atoms with Crippen molar-refractivity contribution in [3.63, 3.8) is 0 Å². The standard InChI is InChI=1S/C8H14N4S/c1-12-7(10-11-8(12)13)6-3-2-4-9-5-6/h6,9H,2-5H2,1H3,(H,11,13)/t6-/m1/s1. The van der Waals surface area contributed by atoms with Crippen LogP contribution in [0.2, 0.25) is 0 Å². The Balaban J connectivity index is 2.23. The average molecular weight is 198 g/mol. The van der Waals surface area contributed by atoms with Crippen LogP contribution in [-0.4, -0.2) is 27.9 Å². The Bertz CT molecular complexity index is 334. The van der Waals surface area contributed by atoms with Crippen LogP contribution in [0.1, 0.15) is 24.6 Å². The second-order valence-corrected chi connectivity index (χ2v) is 3.88. The number of nitrogens with one attached hydrogen (secondary N) is 2. The van der Waals surface area contributed by atoms with Gasteiger partial charge in [-0.2, -0.15) is 5.10 Å². The summed E-state index contributed by atoms with van der Waals surface area (Å²) in [6.07, 6.45) is 2.44. The monoisotopic (exact) mass is 198 g/mol. The SMILES string of the molecule is Cn1c([C@@H]2CCCNC2)n[nH]c1=S. The number of aromatic amines is 1. The molecule has 1 aliphatic rings. The minimum absolute atomic E-state index is 0.520. The Morgan fingerprint density at radius 3 is 3.00 bits per heavy atom. The van der Waals surface area contributed by atoms with Gasteiger partial charge < -0.3 is 9.88 Å². The molecule has 0 radical (unpaired) electrons. The fourth-order valence-electron chi connectivity index (χ4n) is 1.80. The smallest absolute Gasteiger partial charge is 0.194 e. The molecule has 13 heavy (non-hydrogen) atoms. The van der Waals surface area contributed by atoms with Gasteiger partial charge in [0.2, 0.25) is 0 Å². The zero-order valence-corrected chi connectivity index (χ0v) is 8.52. The van der Waals surface area contributed by atoms with Gasteiger partial charge in [0.05, 0.1) is 0 Å². The number of aromatic nitrogens is 3. The summed E-state index contributed by atoms with van der Waals surface area (Å²) in [5, 5.41) is 10.4. The summed E-state index contributed by atoms with van der Waals surface area (Å²) in [6, 6.07) is 0.